The molecule has 0 radical (unpaired) electrons. The molecule has 1 nitrogen and oxygen atoms in total. The largest absolute Gasteiger partial charge is 0.389 e. The Morgan fingerprint density at radius 2 is 1.57 bits per heavy atom. The second kappa shape index (κ2) is 5.52. The summed E-state index contributed by atoms with van der Waals surface area (Å²) in [4.78, 5) is 0. The van der Waals surface area contributed by atoms with Gasteiger partial charge in [-0.15, -0.1) is 13.2 Å². The van der Waals surface area contributed by atoms with E-state index in [4.69, 9.17) is 0 Å². The molecule has 1 N–H and O–H groups in total. The molecule has 0 spiro atoms. The summed E-state index contributed by atoms with van der Waals surface area (Å²) in [7, 11) is -1.05. The van der Waals surface area contributed by atoms with E-state index >= 15 is 0 Å². The highest BCUT2D eigenvalue weighted by Crippen LogP contribution is 2.26. The molecular formula is C12H24OSi. The van der Waals surface area contributed by atoms with Crippen LogP contribution in [-0.2, 0) is 0 Å². The van der Waals surface area contributed by atoms with Gasteiger partial charge in [0.1, 0.15) is 0 Å². The Balaban J connectivity index is 4.21. The topological polar surface area (TPSA) is 20.2 Å². The van der Waals surface area contributed by atoms with Gasteiger partial charge in [-0.05, 0) is 19.3 Å². The molecule has 0 amide bonds. The van der Waals surface area contributed by atoms with E-state index < -0.39 is 13.7 Å². The summed E-state index contributed by atoms with van der Waals surface area (Å²) in [5.41, 5.74) is -0.593. The lowest BCUT2D eigenvalue weighted by atomic mass is 9.93. The summed E-state index contributed by atoms with van der Waals surface area (Å²) in [6.45, 7) is 14.4. The van der Waals surface area contributed by atoms with Crippen molar-refractivity contribution in [2.75, 3.05) is 0 Å². The van der Waals surface area contributed by atoms with Gasteiger partial charge in [-0.3, -0.25) is 0 Å². The zero-order valence-electron chi connectivity index (χ0n) is 9.84. The highest BCUT2D eigenvalue weighted by atomic mass is 28.3. The second-order valence-corrected chi connectivity index (χ2v) is 10.9. The maximum atomic E-state index is 10.3. The van der Waals surface area contributed by atoms with Gasteiger partial charge in [-0.2, -0.15) is 0 Å². The van der Waals surface area contributed by atoms with Crippen molar-refractivity contribution in [3.63, 3.8) is 0 Å². The number of aliphatic hydroxyl groups is 1. The third kappa shape index (κ3) is 6.16. The summed E-state index contributed by atoms with van der Waals surface area (Å²) < 4.78 is 0. The maximum absolute atomic E-state index is 10.3. The van der Waals surface area contributed by atoms with E-state index in [-0.39, 0.29) is 0 Å². The van der Waals surface area contributed by atoms with Crippen LogP contribution in [0.1, 0.15) is 19.3 Å². The van der Waals surface area contributed by atoms with Crippen LogP contribution in [0, 0.1) is 0 Å². The van der Waals surface area contributed by atoms with Crippen molar-refractivity contribution in [3.05, 3.63) is 25.3 Å². The lowest BCUT2D eigenvalue weighted by molar-refractivity contribution is 0.0421. The van der Waals surface area contributed by atoms with Crippen LogP contribution in [0.5, 0.6) is 0 Å². The van der Waals surface area contributed by atoms with Crippen LogP contribution >= 0.6 is 0 Å². The molecule has 0 bridgehead atoms. The number of hydrogen-bond acceptors (Lipinski definition) is 1. The van der Waals surface area contributed by atoms with Crippen molar-refractivity contribution in [2.45, 2.75) is 50.5 Å². The van der Waals surface area contributed by atoms with E-state index in [2.05, 4.69) is 32.8 Å². The van der Waals surface area contributed by atoms with Crippen molar-refractivity contribution < 1.29 is 5.11 Å². The Bertz CT molecular complexity index is 181. The number of hydrogen-bond donors (Lipinski definition) is 1. The van der Waals surface area contributed by atoms with E-state index in [1.807, 2.05) is 0 Å². The molecule has 2 heteroatoms. The first kappa shape index (κ1) is 13.7. The molecular weight excluding hydrogens is 188 g/mol. The fraction of sp³-hybridized carbons (Fsp3) is 0.667. The molecule has 0 saturated heterocycles. The van der Waals surface area contributed by atoms with Crippen molar-refractivity contribution in [2.24, 2.45) is 0 Å². The van der Waals surface area contributed by atoms with Gasteiger partial charge < -0.3 is 5.11 Å². The molecule has 0 unspecified atom stereocenters. The van der Waals surface area contributed by atoms with E-state index in [9.17, 15) is 5.11 Å². The smallest absolute Gasteiger partial charge is 0.0713 e. The van der Waals surface area contributed by atoms with E-state index in [1.165, 1.54) is 0 Å². The van der Waals surface area contributed by atoms with Crippen LogP contribution in [-0.4, -0.2) is 18.8 Å². The van der Waals surface area contributed by atoms with Crippen LogP contribution in [0.25, 0.3) is 0 Å². The van der Waals surface area contributed by atoms with Crippen molar-refractivity contribution in [1.29, 1.82) is 0 Å². The minimum Gasteiger partial charge on any atom is -0.389 e. The summed E-state index contributed by atoms with van der Waals surface area (Å²) >= 11 is 0. The van der Waals surface area contributed by atoms with Gasteiger partial charge in [0.2, 0.25) is 0 Å². The Morgan fingerprint density at radius 1 is 1.14 bits per heavy atom. The molecule has 0 aliphatic heterocycles. The Morgan fingerprint density at radius 3 is 1.86 bits per heavy atom. The molecule has 0 aromatic carbocycles. The van der Waals surface area contributed by atoms with Crippen LogP contribution < -0.4 is 0 Å². The Labute approximate surface area is 89.5 Å². The zero-order valence-corrected chi connectivity index (χ0v) is 10.8. The molecule has 0 heterocycles. The minimum atomic E-state index is -1.05. The second-order valence-electron chi connectivity index (χ2n) is 5.27. The van der Waals surface area contributed by atoms with Crippen molar-refractivity contribution in [3.8, 4) is 0 Å². The average Bonchev–Trinajstić information content (AvgIpc) is 2.01. The summed E-state index contributed by atoms with van der Waals surface area (Å²) in [5, 5.41) is 10.3. The zero-order chi connectivity index (χ0) is 11.2. The fourth-order valence-electron chi connectivity index (χ4n) is 1.43. The first-order valence-corrected chi connectivity index (χ1v) is 8.98. The Kier molecular flexibility index (Phi) is 5.38. The van der Waals surface area contributed by atoms with Crippen LogP contribution in [0.2, 0.25) is 25.7 Å². The first-order valence-electron chi connectivity index (χ1n) is 5.27. The predicted octanol–water partition coefficient (Wildman–Crippen LogP) is 3.60. The molecule has 0 aromatic heterocycles. The summed E-state index contributed by atoms with van der Waals surface area (Å²) in [5.74, 6) is 0. The van der Waals surface area contributed by atoms with E-state index in [0.717, 1.165) is 12.5 Å². The lowest BCUT2D eigenvalue weighted by Crippen LogP contribution is -2.31. The fourth-order valence-corrected chi connectivity index (χ4v) is 2.65. The van der Waals surface area contributed by atoms with Gasteiger partial charge in [-0.1, -0.05) is 37.8 Å². The van der Waals surface area contributed by atoms with Gasteiger partial charge >= 0.3 is 0 Å². The van der Waals surface area contributed by atoms with Crippen molar-refractivity contribution >= 4 is 8.07 Å². The van der Waals surface area contributed by atoms with Gasteiger partial charge in [0.25, 0.3) is 0 Å². The van der Waals surface area contributed by atoms with Crippen LogP contribution in [0.15, 0.2) is 25.3 Å². The lowest BCUT2D eigenvalue weighted by Gasteiger charge is -2.28. The predicted molar refractivity (Wildman–Crippen MR) is 67.3 cm³/mol. The standard InChI is InChI=1S/C12H24OSi/c1-6-8-12(13,9-7-2)10-11-14(3,4)5/h6-7,13H,1-2,8-11H2,3-5H3. The van der Waals surface area contributed by atoms with E-state index in [0.29, 0.717) is 12.8 Å². The molecule has 0 saturated carbocycles. The van der Waals surface area contributed by atoms with Gasteiger partial charge in [0.15, 0.2) is 0 Å². The number of rotatable bonds is 7. The first-order chi connectivity index (χ1) is 6.33. The summed E-state index contributed by atoms with van der Waals surface area (Å²) in [6.07, 6.45) is 5.81. The third-order valence-electron chi connectivity index (χ3n) is 2.39. The molecule has 0 atom stereocenters. The van der Waals surface area contributed by atoms with Gasteiger partial charge in [0, 0.05) is 8.07 Å². The maximum Gasteiger partial charge on any atom is 0.0713 e. The molecule has 0 aromatic rings. The van der Waals surface area contributed by atoms with Crippen LogP contribution in [0.3, 0.4) is 0 Å². The highest BCUT2D eigenvalue weighted by molar-refractivity contribution is 6.76. The quantitative estimate of drug-likeness (QED) is 0.505. The van der Waals surface area contributed by atoms with E-state index in [1.54, 1.807) is 12.2 Å². The average molecular weight is 212 g/mol. The highest BCUT2D eigenvalue weighted by Gasteiger charge is 2.26. The Hall–Kier alpha value is -0.343. The molecule has 0 aliphatic carbocycles. The summed E-state index contributed by atoms with van der Waals surface area (Å²) in [6, 6.07) is 1.16. The van der Waals surface area contributed by atoms with Gasteiger partial charge in [-0.25, -0.2) is 0 Å². The van der Waals surface area contributed by atoms with Gasteiger partial charge in [0.05, 0.1) is 5.60 Å². The molecule has 0 aliphatic rings. The minimum absolute atomic E-state index is 0.593. The monoisotopic (exact) mass is 212 g/mol. The SMILES string of the molecule is C=CCC(O)(CC=C)CC[Si](C)(C)C. The molecule has 14 heavy (non-hydrogen) atoms. The molecule has 0 rings (SSSR count). The van der Waals surface area contributed by atoms with Crippen molar-refractivity contribution in [1.82, 2.24) is 0 Å². The third-order valence-corrected chi connectivity index (χ3v) is 4.14. The van der Waals surface area contributed by atoms with Crippen LogP contribution in [0.4, 0.5) is 0 Å². The normalized spacial score (nSPS) is 12.6. The molecule has 0 fully saturated rings. The molecule has 82 valence electrons.